The molecule has 8 heteroatoms. The summed E-state index contributed by atoms with van der Waals surface area (Å²) in [4.78, 5) is 8.58. The third-order valence-corrected chi connectivity index (χ3v) is 2.03. The van der Waals surface area contributed by atoms with E-state index in [4.69, 9.17) is 15.1 Å². The molecule has 0 saturated carbocycles. The average Bonchev–Trinajstić information content (AvgIpc) is 2.53. The predicted octanol–water partition coefficient (Wildman–Crippen LogP) is -1.32. The number of aliphatic hydroxyl groups is 1. The first-order chi connectivity index (χ1) is 7.49. The van der Waals surface area contributed by atoms with Crippen molar-refractivity contribution < 1.29 is 23.5 Å². The number of hydroxylamine groups is 2. The van der Waals surface area contributed by atoms with Crippen LogP contribution in [0.5, 0.6) is 0 Å². The van der Waals surface area contributed by atoms with Crippen LogP contribution in [-0.4, -0.2) is 48.7 Å². The molecule has 0 aromatic rings. The Kier molecular flexibility index (Phi) is 13.2. The second-order valence-corrected chi connectivity index (χ2v) is 3.76. The molecule has 16 heavy (non-hydrogen) atoms. The van der Waals surface area contributed by atoms with E-state index in [0.717, 1.165) is 11.5 Å². The van der Waals surface area contributed by atoms with Gasteiger partial charge in [-0.2, -0.15) is 5.06 Å². The first-order valence-electron chi connectivity index (χ1n) is 4.51. The van der Waals surface area contributed by atoms with Crippen molar-refractivity contribution in [3.63, 3.8) is 0 Å². The predicted molar refractivity (Wildman–Crippen MR) is 59.4 cm³/mol. The minimum atomic E-state index is -2.22. The Morgan fingerprint density at radius 3 is 2.12 bits per heavy atom. The summed E-state index contributed by atoms with van der Waals surface area (Å²) in [5, 5.41) is 18.2. The third kappa shape index (κ3) is 13.0. The topological polar surface area (TPSA) is 121 Å². The lowest BCUT2D eigenvalue weighted by Gasteiger charge is -2.08. The van der Waals surface area contributed by atoms with Crippen LogP contribution in [0.4, 0.5) is 0 Å². The van der Waals surface area contributed by atoms with E-state index in [2.05, 4.69) is 12.3 Å². The van der Waals surface area contributed by atoms with Gasteiger partial charge in [0.2, 0.25) is 6.41 Å². The van der Waals surface area contributed by atoms with E-state index in [1.807, 2.05) is 0 Å². The van der Waals surface area contributed by atoms with Crippen molar-refractivity contribution >= 4 is 17.1 Å². The molecular weight excluding hydrogens is 236 g/mol. The fourth-order valence-electron chi connectivity index (χ4n) is 0.839. The van der Waals surface area contributed by atoms with Gasteiger partial charge in [0.25, 0.3) is 0 Å². The van der Waals surface area contributed by atoms with Gasteiger partial charge in [-0.3, -0.25) is 4.79 Å². The van der Waals surface area contributed by atoms with E-state index < -0.39 is 16.9 Å². The van der Waals surface area contributed by atoms with Gasteiger partial charge >= 0.3 is 0 Å². The number of hydrogen-bond acceptors (Lipinski definition) is 6. The Morgan fingerprint density at radius 1 is 1.56 bits per heavy atom. The number of carbonyl (C=O) groups excluding carboxylic acids is 1. The molecule has 7 nitrogen and oxygen atoms in total. The first-order valence-corrected chi connectivity index (χ1v) is 5.87. The maximum Gasteiger partial charge on any atom is 0.204 e. The number of rotatable bonds is 2. The summed E-state index contributed by atoms with van der Waals surface area (Å²) in [6.45, 7) is 3.83. The molecular formula is C8H18N2O5S. The van der Waals surface area contributed by atoms with E-state index in [9.17, 15) is 8.42 Å². The average molecular weight is 254 g/mol. The molecule has 96 valence electrons. The SMILES string of the molecule is C=CC[SH](=O)=O.NC=O.O[C@@H]1CCCN1O. The minimum absolute atomic E-state index is 0.0926. The highest BCUT2D eigenvalue weighted by atomic mass is 32.2. The quantitative estimate of drug-likeness (QED) is 0.275. The molecule has 1 amide bonds. The molecule has 0 bridgehead atoms. The maximum atomic E-state index is 9.57. The van der Waals surface area contributed by atoms with Crippen LogP contribution in [0.15, 0.2) is 12.7 Å². The molecule has 0 aliphatic carbocycles. The van der Waals surface area contributed by atoms with Crippen molar-refractivity contribution in [3.8, 4) is 0 Å². The Morgan fingerprint density at radius 2 is 2.06 bits per heavy atom. The molecule has 1 aliphatic rings. The molecule has 4 N–H and O–H groups in total. The number of aliphatic hydroxyl groups excluding tert-OH is 1. The van der Waals surface area contributed by atoms with Gasteiger partial charge in [-0.25, -0.2) is 8.42 Å². The maximum absolute atomic E-state index is 9.57. The minimum Gasteiger partial charge on any atom is -0.376 e. The Balaban J connectivity index is 0. The summed E-state index contributed by atoms with van der Waals surface area (Å²) in [7, 11) is -2.22. The lowest BCUT2D eigenvalue weighted by Crippen LogP contribution is -2.24. The van der Waals surface area contributed by atoms with Gasteiger partial charge in [-0.1, -0.05) is 6.08 Å². The normalized spacial score (nSPS) is 19.1. The third-order valence-electron chi connectivity index (χ3n) is 1.47. The van der Waals surface area contributed by atoms with Gasteiger partial charge in [-0.05, 0) is 12.8 Å². The van der Waals surface area contributed by atoms with Crippen molar-refractivity contribution in [1.29, 1.82) is 0 Å². The zero-order valence-electron chi connectivity index (χ0n) is 8.86. The van der Waals surface area contributed by atoms with E-state index in [1.165, 1.54) is 6.08 Å². The lowest BCUT2D eigenvalue weighted by molar-refractivity contribution is -0.170. The van der Waals surface area contributed by atoms with Gasteiger partial charge in [0.1, 0.15) is 16.9 Å². The Hall–Kier alpha value is -0.960. The van der Waals surface area contributed by atoms with E-state index >= 15 is 0 Å². The zero-order valence-corrected chi connectivity index (χ0v) is 9.75. The smallest absolute Gasteiger partial charge is 0.204 e. The molecule has 0 aromatic carbocycles. The molecule has 0 spiro atoms. The number of primary amides is 1. The van der Waals surface area contributed by atoms with Crippen molar-refractivity contribution in [1.82, 2.24) is 5.06 Å². The summed E-state index contributed by atoms with van der Waals surface area (Å²) in [5.74, 6) is 0.0926. The lowest BCUT2D eigenvalue weighted by atomic mass is 10.4. The Labute approximate surface area is 96.1 Å². The zero-order chi connectivity index (χ0) is 13.0. The summed E-state index contributed by atoms with van der Waals surface area (Å²) in [5.41, 5.74) is 4.17. The summed E-state index contributed by atoms with van der Waals surface area (Å²) >= 11 is 0. The van der Waals surface area contributed by atoms with E-state index in [0.29, 0.717) is 13.0 Å². The molecule has 1 rings (SSSR count). The Bertz CT molecular complexity index is 241. The number of nitrogens with two attached hydrogens (primary N) is 1. The molecule has 0 aromatic heterocycles. The highest BCUT2D eigenvalue weighted by molar-refractivity contribution is 7.72. The molecule has 0 radical (unpaired) electrons. The van der Waals surface area contributed by atoms with Crippen molar-refractivity contribution in [2.24, 2.45) is 5.73 Å². The van der Waals surface area contributed by atoms with Gasteiger partial charge in [-0.15, -0.1) is 6.58 Å². The van der Waals surface area contributed by atoms with Crippen molar-refractivity contribution in [3.05, 3.63) is 12.7 Å². The fourth-order valence-corrected chi connectivity index (χ4v) is 1.05. The molecule has 1 fully saturated rings. The van der Waals surface area contributed by atoms with Crippen LogP contribution >= 0.6 is 0 Å². The first kappa shape index (κ1) is 17.4. The molecule has 0 unspecified atom stereocenters. The largest absolute Gasteiger partial charge is 0.376 e. The number of thiol groups is 1. The van der Waals surface area contributed by atoms with E-state index in [-0.39, 0.29) is 12.2 Å². The highest BCUT2D eigenvalue weighted by Gasteiger charge is 2.18. The molecule has 1 aliphatic heterocycles. The van der Waals surface area contributed by atoms with Crippen molar-refractivity contribution in [2.45, 2.75) is 19.1 Å². The summed E-state index contributed by atoms with van der Waals surface area (Å²) < 4.78 is 19.1. The number of amides is 1. The number of carbonyl (C=O) groups is 1. The number of nitrogens with zero attached hydrogens (tertiary/aromatic N) is 1. The van der Waals surface area contributed by atoms with Gasteiger partial charge in [0.05, 0.1) is 5.75 Å². The highest BCUT2D eigenvalue weighted by Crippen LogP contribution is 2.09. The van der Waals surface area contributed by atoms with Gasteiger partial charge in [0, 0.05) is 6.54 Å². The van der Waals surface area contributed by atoms with Crippen LogP contribution in [0, 0.1) is 0 Å². The second-order valence-electron chi connectivity index (χ2n) is 2.73. The standard InChI is InChI=1S/C4H9NO2.C3H6O2S.CH3NO/c6-4-2-1-3-5(4)7;1-2-3-6(4)5;2-1-3/h4,6-7H,1-3H2;2,6H,1,3H2;1H,(H2,2,3)/t4-;;/m1../s1. The van der Waals surface area contributed by atoms with Crippen LogP contribution in [0.2, 0.25) is 0 Å². The second kappa shape index (κ2) is 12.1. The van der Waals surface area contributed by atoms with Crippen LogP contribution in [0.25, 0.3) is 0 Å². The summed E-state index contributed by atoms with van der Waals surface area (Å²) in [6.07, 6.45) is 2.61. The number of hydrogen-bond donors (Lipinski definition) is 4. The van der Waals surface area contributed by atoms with Crippen LogP contribution < -0.4 is 5.73 Å². The van der Waals surface area contributed by atoms with Crippen LogP contribution in [0.3, 0.4) is 0 Å². The van der Waals surface area contributed by atoms with Crippen LogP contribution in [0.1, 0.15) is 12.8 Å². The van der Waals surface area contributed by atoms with Gasteiger partial charge < -0.3 is 16.0 Å². The van der Waals surface area contributed by atoms with Crippen molar-refractivity contribution in [2.75, 3.05) is 12.3 Å². The van der Waals surface area contributed by atoms with Crippen LogP contribution in [-0.2, 0) is 15.5 Å². The fraction of sp³-hybridized carbons (Fsp3) is 0.625. The summed E-state index contributed by atoms with van der Waals surface area (Å²) in [6, 6.07) is 0. The van der Waals surface area contributed by atoms with Gasteiger partial charge in [0.15, 0.2) is 0 Å². The monoisotopic (exact) mass is 254 g/mol. The molecule has 1 atom stereocenters. The molecule has 1 saturated heterocycles. The van der Waals surface area contributed by atoms with E-state index in [1.54, 1.807) is 0 Å². The molecule has 1 heterocycles.